The van der Waals surface area contributed by atoms with Crippen molar-refractivity contribution in [2.24, 2.45) is 0 Å². The summed E-state index contributed by atoms with van der Waals surface area (Å²) in [7, 11) is 1.76. The van der Waals surface area contributed by atoms with Crippen molar-refractivity contribution in [2.45, 2.75) is 6.54 Å². The van der Waals surface area contributed by atoms with Gasteiger partial charge in [0.2, 0.25) is 0 Å². The number of amides is 1. The second kappa shape index (κ2) is 7.45. The van der Waals surface area contributed by atoms with E-state index in [1.54, 1.807) is 25.3 Å². The average molecular weight is 252 g/mol. The molecule has 0 aliphatic carbocycles. The van der Waals surface area contributed by atoms with Crippen LogP contribution < -0.4 is 15.4 Å². The third-order valence-electron chi connectivity index (χ3n) is 2.21. The molecule has 0 spiro atoms. The van der Waals surface area contributed by atoms with Gasteiger partial charge < -0.3 is 15.4 Å². The molecule has 0 fully saturated rings. The largest absolute Gasteiger partial charge is 0.480 e. The summed E-state index contributed by atoms with van der Waals surface area (Å²) in [5.74, 6) is -0.673. The summed E-state index contributed by atoms with van der Waals surface area (Å²) in [6, 6.07) is 4.65. The molecule has 0 radical (unpaired) electrons. The van der Waals surface area contributed by atoms with Crippen LogP contribution in [0.25, 0.3) is 0 Å². The highest BCUT2D eigenvalue weighted by Gasteiger charge is 2.11. The van der Waals surface area contributed by atoms with Gasteiger partial charge >= 0.3 is 0 Å². The van der Waals surface area contributed by atoms with Gasteiger partial charge in [-0.25, -0.2) is 4.39 Å². The number of ether oxygens (including phenoxy) is 1. The lowest BCUT2D eigenvalue weighted by molar-refractivity contribution is -0.122. The Morgan fingerprint density at radius 3 is 3.00 bits per heavy atom. The highest BCUT2D eigenvalue weighted by Crippen LogP contribution is 2.22. The van der Waals surface area contributed by atoms with Crippen LogP contribution in [0.2, 0.25) is 0 Å². The van der Waals surface area contributed by atoms with Gasteiger partial charge in [-0.2, -0.15) is 0 Å². The van der Waals surface area contributed by atoms with Gasteiger partial charge in [0.25, 0.3) is 5.91 Å². The Balaban J connectivity index is 2.65. The first kappa shape index (κ1) is 14.2. The fourth-order valence-corrected chi connectivity index (χ4v) is 1.42. The lowest BCUT2D eigenvalue weighted by Crippen LogP contribution is -2.29. The molecule has 0 unspecified atom stereocenters. The Morgan fingerprint density at radius 1 is 1.56 bits per heavy atom. The second-order valence-corrected chi connectivity index (χ2v) is 3.64. The van der Waals surface area contributed by atoms with Crippen LogP contribution in [0, 0.1) is 5.82 Å². The zero-order valence-corrected chi connectivity index (χ0v) is 10.3. The molecule has 2 N–H and O–H groups in total. The van der Waals surface area contributed by atoms with Gasteiger partial charge in [-0.15, -0.1) is 6.58 Å². The second-order valence-electron chi connectivity index (χ2n) is 3.64. The van der Waals surface area contributed by atoms with Crippen LogP contribution in [0.3, 0.4) is 0 Å². The van der Waals surface area contributed by atoms with Crippen molar-refractivity contribution in [1.82, 2.24) is 10.6 Å². The Kier molecular flexibility index (Phi) is 5.87. The summed E-state index contributed by atoms with van der Waals surface area (Å²) >= 11 is 0. The monoisotopic (exact) mass is 252 g/mol. The molecular weight excluding hydrogens is 235 g/mol. The van der Waals surface area contributed by atoms with Crippen molar-refractivity contribution < 1.29 is 13.9 Å². The maximum absolute atomic E-state index is 13.6. The van der Waals surface area contributed by atoms with E-state index in [9.17, 15) is 9.18 Å². The van der Waals surface area contributed by atoms with Gasteiger partial charge in [0.15, 0.2) is 18.2 Å². The molecule has 0 heterocycles. The van der Waals surface area contributed by atoms with Crippen LogP contribution in [0.4, 0.5) is 4.39 Å². The molecule has 1 aromatic rings. The molecule has 0 atom stereocenters. The highest BCUT2D eigenvalue weighted by molar-refractivity contribution is 5.77. The number of halogens is 1. The molecule has 5 heteroatoms. The molecule has 1 amide bonds. The highest BCUT2D eigenvalue weighted by atomic mass is 19.1. The fraction of sp³-hybridized carbons (Fsp3) is 0.308. The number of para-hydroxylation sites is 1. The van der Waals surface area contributed by atoms with E-state index < -0.39 is 5.82 Å². The summed E-state index contributed by atoms with van der Waals surface area (Å²) in [6.45, 7) is 4.10. The summed E-state index contributed by atoms with van der Waals surface area (Å²) in [4.78, 5) is 11.3. The van der Waals surface area contributed by atoms with E-state index in [4.69, 9.17) is 4.74 Å². The van der Waals surface area contributed by atoms with Crippen molar-refractivity contribution in [3.8, 4) is 5.75 Å². The van der Waals surface area contributed by atoms with Gasteiger partial charge in [-0.1, -0.05) is 18.2 Å². The van der Waals surface area contributed by atoms with E-state index in [0.29, 0.717) is 18.7 Å². The molecule has 98 valence electrons. The third-order valence-corrected chi connectivity index (χ3v) is 2.21. The minimum atomic E-state index is -0.473. The molecule has 18 heavy (non-hydrogen) atoms. The fourth-order valence-electron chi connectivity index (χ4n) is 1.42. The van der Waals surface area contributed by atoms with E-state index in [2.05, 4.69) is 17.2 Å². The van der Waals surface area contributed by atoms with Crippen LogP contribution in [0.1, 0.15) is 5.56 Å². The van der Waals surface area contributed by atoms with E-state index >= 15 is 0 Å². The molecule has 0 bridgehead atoms. The molecule has 0 saturated heterocycles. The van der Waals surface area contributed by atoms with E-state index in [1.807, 2.05) is 0 Å². The van der Waals surface area contributed by atoms with Gasteiger partial charge in [-0.05, 0) is 13.1 Å². The molecular formula is C13H17FN2O2. The smallest absolute Gasteiger partial charge is 0.258 e. The maximum atomic E-state index is 13.6. The minimum Gasteiger partial charge on any atom is -0.480 e. The molecule has 0 saturated carbocycles. The van der Waals surface area contributed by atoms with Crippen LogP contribution >= 0.6 is 0 Å². The average Bonchev–Trinajstić information content (AvgIpc) is 2.36. The van der Waals surface area contributed by atoms with Crippen LogP contribution in [-0.2, 0) is 11.3 Å². The van der Waals surface area contributed by atoms with Gasteiger partial charge in [0.1, 0.15) is 0 Å². The topological polar surface area (TPSA) is 50.4 Å². The van der Waals surface area contributed by atoms with Crippen LogP contribution in [0.5, 0.6) is 5.75 Å². The first-order chi connectivity index (χ1) is 8.69. The normalized spacial score (nSPS) is 9.89. The number of rotatable bonds is 7. The van der Waals surface area contributed by atoms with Crippen molar-refractivity contribution in [2.75, 3.05) is 20.2 Å². The van der Waals surface area contributed by atoms with Crippen LogP contribution in [-0.4, -0.2) is 26.1 Å². The zero-order valence-electron chi connectivity index (χ0n) is 10.3. The van der Waals surface area contributed by atoms with E-state index in [0.717, 1.165) is 0 Å². The van der Waals surface area contributed by atoms with Gasteiger partial charge in [0.05, 0.1) is 0 Å². The summed E-state index contributed by atoms with van der Waals surface area (Å²) in [5, 5.41) is 5.47. The summed E-state index contributed by atoms with van der Waals surface area (Å²) in [6.07, 6.45) is 1.56. The molecule has 0 aliphatic rings. The standard InChI is InChI=1S/C13H17FN2O2/c1-3-7-16-12(17)9-18-13-10(8-15-2)5-4-6-11(13)14/h3-6,15H,1,7-9H2,2H3,(H,16,17). The Labute approximate surface area is 106 Å². The Bertz CT molecular complexity index is 421. The first-order valence-electron chi connectivity index (χ1n) is 5.61. The Hall–Kier alpha value is -1.88. The predicted molar refractivity (Wildman–Crippen MR) is 67.9 cm³/mol. The van der Waals surface area contributed by atoms with E-state index in [1.165, 1.54) is 6.07 Å². The number of benzene rings is 1. The predicted octanol–water partition coefficient (Wildman–Crippen LogP) is 1.23. The number of nitrogens with one attached hydrogen (secondary N) is 2. The molecule has 4 nitrogen and oxygen atoms in total. The Morgan fingerprint density at radius 2 is 2.33 bits per heavy atom. The SMILES string of the molecule is C=CCNC(=O)COc1c(F)cccc1CNC. The lowest BCUT2D eigenvalue weighted by atomic mass is 10.2. The van der Waals surface area contributed by atoms with Crippen molar-refractivity contribution >= 4 is 5.91 Å². The third kappa shape index (κ3) is 4.18. The van der Waals surface area contributed by atoms with E-state index in [-0.39, 0.29) is 18.3 Å². The maximum Gasteiger partial charge on any atom is 0.258 e. The zero-order chi connectivity index (χ0) is 13.4. The van der Waals surface area contributed by atoms with Crippen molar-refractivity contribution in [1.29, 1.82) is 0 Å². The minimum absolute atomic E-state index is 0.112. The molecule has 1 aromatic carbocycles. The quantitative estimate of drug-likeness (QED) is 0.718. The molecule has 1 rings (SSSR count). The molecule has 0 aromatic heterocycles. The van der Waals surface area contributed by atoms with Crippen LogP contribution in [0.15, 0.2) is 30.9 Å². The van der Waals surface area contributed by atoms with Crippen molar-refractivity contribution in [3.63, 3.8) is 0 Å². The van der Waals surface area contributed by atoms with Gasteiger partial charge in [0, 0.05) is 18.7 Å². The lowest BCUT2D eigenvalue weighted by Gasteiger charge is -2.11. The number of carbonyl (C=O) groups is 1. The molecule has 0 aliphatic heterocycles. The number of hydrogen-bond donors (Lipinski definition) is 2. The van der Waals surface area contributed by atoms with Gasteiger partial charge in [-0.3, -0.25) is 4.79 Å². The van der Waals surface area contributed by atoms with Crippen molar-refractivity contribution in [3.05, 3.63) is 42.2 Å². The summed E-state index contributed by atoms with van der Waals surface area (Å²) < 4.78 is 18.8. The number of hydrogen-bond acceptors (Lipinski definition) is 3. The first-order valence-corrected chi connectivity index (χ1v) is 5.61. The number of carbonyl (C=O) groups excluding carboxylic acids is 1. The summed E-state index contributed by atoms with van der Waals surface area (Å²) in [5.41, 5.74) is 0.675.